The smallest absolute Gasteiger partial charge is 0.318 e. The number of rotatable bonds is 4. The average Bonchev–Trinajstić information content (AvgIpc) is 2.37. The molecule has 1 saturated carbocycles. The van der Waals surface area contributed by atoms with E-state index >= 15 is 0 Å². The molecule has 0 aromatic heterocycles. The molecule has 3 amide bonds. The molecule has 6 nitrogen and oxygen atoms in total. The van der Waals surface area contributed by atoms with E-state index < -0.39 is 23.6 Å². The van der Waals surface area contributed by atoms with E-state index in [0.717, 1.165) is 25.7 Å². The second-order valence-electron chi connectivity index (χ2n) is 7.14. The maximum atomic E-state index is 11.7. The Morgan fingerprint density at radius 3 is 2.24 bits per heavy atom. The van der Waals surface area contributed by atoms with E-state index in [1.165, 1.54) is 0 Å². The van der Waals surface area contributed by atoms with E-state index in [-0.39, 0.29) is 5.41 Å². The molecular weight excluding hydrogens is 270 g/mol. The predicted octanol–water partition coefficient (Wildman–Crippen LogP) is 1.52. The van der Waals surface area contributed by atoms with Crippen LogP contribution in [0.5, 0.6) is 0 Å². The van der Waals surface area contributed by atoms with Crippen LogP contribution in [0.25, 0.3) is 0 Å². The number of carbonyl (C=O) groups excluding carboxylic acids is 2. The summed E-state index contributed by atoms with van der Waals surface area (Å²) in [5.41, 5.74) is 10.6. The van der Waals surface area contributed by atoms with Crippen LogP contribution in [-0.2, 0) is 9.53 Å². The van der Waals surface area contributed by atoms with E-state index in [1.807, 2.05) is 5.32 Å². The summed E-state index contributed by atoms with van der Waals surface area (Å²) in [4.78, 5) is 22.5. The van der Waals surface area contributed by atoms with Crippen molar-refractivity contribution in [1.82, 2.24) is 5.32 Å². The molecule has 1 fully saturated rings. The molecular formula is C15H29N3O3. The summed E-state index contributed by atoms with van der Waals surface area (Å²) in [7, 11) is 0. The second-order valence-corrected chi connectivity index (χ2v) is 7.14. The van der Waals surface area contributed by atoms with Gasteiger partial charge in [0, 0.05) is 6.54 Å². The number of imide groups is 1. The topological polar surface area (TPSA) is 107 Å². The molecule has 1 aliphatic rings. The van der Waals surface area contributed by atoms with Crippen LogP contribution < -0.4 is 16.8 Å². The van der Waals surface area contributed by atoms with E-state index in [9.17, 15) is 9.59 Å². The third kappa shape index (κ3) is 4.97. The van der Waals surface area contributed by atoms with Gasteiger partial charge >= 0.3 is 6.03 Å². The van der Waals surface area contributed by atoms with Crippen molar-refractivity contribution in [2.45, 2.75) is 65.1 Å². The third-order valence-electron chi connectivity index (χ3n) is 4.54. The van der Waals surface area contributed by atoms with Crippen molar-refractivity contribution in [3.63, 3.8) is 0 Å². The van der Waals surface area contributed by atoms with Crippen molar-refractivity contribution in [1.29, 1.82) is 0 Å². The van der Waals surface area contributed by atoms with Gasteiger partial charge in [-0.3, -0.25) is 10.1 Å². The zero-order valence-electron chi connectivity index (χ0n) is 13.6. The quantitative estimate of drug-likeness (QED) is 0.731. The lowest BCUT2D eigenvalue weighted by Crippen LogP contribution is -2.51. The van der Waals surface area contributed by atoms with Crippen LogP contribution in [0, 0.1) is 11.3 Å². The SMILES string of the molecule is CC(OC1(CN)CCC(C(C)(C)C)CC1)C(=O)NC(N)=O. The summed E-state index contributed by atoms with van der Waals surface area (Å²) in [6, 6.07) is -0.867. The summed E-state index contributed by atoms with van der Waals surface area (Å²) >= 11 is 0. The van der Waals surface area contributed by atoms with Gasteiger partial charge in [0.15, 0.2) is 0 Å². The predicted molar refractivity (Wildman–Crippen MR) is 81.5 cm³/mol. The van der Waals surface area contributed by atoms with Crippen molar-refractivity contribution >= 4 is 11.9 Å². The highest BCUT2D eigenvalue weighted by molar-refractivity contribution is 5.95. The first-order valence-electron chi connectivity index (χ1n) is 7.58. The summed E-state index contributed by atoms with van der Waals surface area (Å²) in [6.07, 6.45) is 2.99. The van der Waals surface area contributed by atoms with Gasteiger partial charge < -0.3 is 16.2 Å². The fraction of sp³-hybridized carbons (Fsp3) is 0.867. The molecule has 1 rings (SSSR count). The van der Waals surface area contributed by atoms with Crippen molar-refractivity contribution in [3.05, 3.63) is 0 Å². The van der Waals surface area contributed by atoms with Gasteiger partial charge in [0.05, 0.1) is 5.60 Å². The zero-order chi connectivity index (χ0) is 16.3. The van der Waals surface area contributed by atoms with Gasteiger partial charge in [-0.15, -0.1) is 0 Å². The standard InChI is InChI=1S/C15H29N3O3/c1-10(12(19)18-13(17)20)21-15(9-16)7-5-11(6-8-15)14(2,3)4/h10-11H,5-9,16H2,1-4H3,(H3,17,18,19,20). The molecule has 1 unspecified atom stereocenters. The maximum Gasteiger partial charge on any atom is 0.318 e. The molecule has 1 aliphatic carbocycles. The largest absolute Gasteiger partial charge is 0.361 e. The molecule has 0 heterocycles. The van der Waals surface area contributed by atoms with Gasteiger partial charge in [0.25, 0.3) is 5.91 Å². The number of nitrogens with two attached hydrogens (primary N) is 2. The number of hydrogen-bond donors (Lipinski definition) is 3. The Labute approximate surface area is 127 Å². The molecule has 21 heavy (non-hydrogen) atoms. The molecule has 0 radical (unpaired) electrons. The Bertz CT molecular complexity index is 382. The van der Waals surface area contributed by atoms with Crippen LogP contribution in [0.1, 0.15) is 53.4 Å². The highest BCUT2D eigenvalue weighted by atomic mass is 16.5. The lowest BCUT2D eigenvalue weighted by Gasteiger charge is -2.44. The molecule has 1 atom stereocenters. The van der Waals surface area contributed by atoms with Crippen molar-refractivity contribution in [2.75, 3.05) is 6.54 Å². The van der Waals surface area contributed by atoms with Crippen LogP contribution in [0.4, 0.5) is 4.79 Å². The first-order valence-corrected chi connectivity index (χ1v) is 7.58. The van der Waals surface area contributed by atoms with Crippen molar-refractivity contribution in [2.24, 2.45) is 22.8 Å². The summed E-state index contributed by atoms with van der Waals surface area (Å²) in [6.45, 7) is 8.73. The Morgan fingerprint density at radius 2 is 1.86 bits per heavy atom. The highest BCUT2D eigenvalue weighted by Crippen LogP contribution is 2.42. The number of hydrogen-bond acceptors (Lipinski definition) is 4. The van der Waals surface area contributed by atoms with Crippen LogP contribution >= 0.6 is 0 Å². The number of urea groups is 1. The third-order valence-corrected chi connectivity index (χ3v) is 4.54. The lowest BCUT2D eigenvalue weighted by molar-refractivity contribution is -0.150. The zero-order valence-corrected chi connectivity index (χ0v) is 13.6. The lowest BCUT2D eigenvalue weighted by atomic mass is 9.68. The molecule has 0 saturated heterocycles. The Morgan fingerprint density at radius 1 is 1.33 bits per heavy atom. The van der Waals surface area contributed by atoms with Gasteiger partial charge in [-0.1, -0.05) is 20.8 Å². The fourth-order valence-corrected chi connectivity index (χ4v) is 3.03. The second kappa shape index (κ2) is 6.75. The fourth-order valence-electron chi connectivity index (χ4n) is 3.03. The van der Waals surface area contributed by atoms with E-state index in [4.69, 9.17) is 16.2 Å². The summed E-state index contributed by atoms with van der Waals surface area (Å²) in [5.74, 6) is 0.115. The van der Waals surface area contributed by atoms with Gasteiger partial charge in [-0.05, 0) is 43.9 Å². The van der Waals surface area contributed by atoms with Gasteiger partial charge in [0.1, 0.15) is 6.10 Å². The van der Waals surface area contributed by atoms with E-state index in [0.29, 0.717) is 12.5 Å². The molecule has 0 spiro atoms. The first kappa shape index (κ1) is 17.9. The van der Waals surface area contributed by atoms with Gasteiger partial charge in [-0.2, -0.15) is 0 Å². The number of nitrogens with one attached hydrogen (secondary N) is 1. The average molecular weight is 299 g/mol. The minimum absolute atomic E-state index is 0.274. The molecule has 5 N–H and O–H groups in total. The Kier molecular flexibility index (Phi) is 5.75. The number of carbonyl (C=O) groups is 2. The van der Waals surface area contributed by atoms with Crippen LogP contribution in [-0.4, -0.2) is 30.2 Å². The number of primary amides is 1. The monoisotopic (exact) mass is 299 g/mol. The molecule has 122 valence electrons. The van der Waals surface area contributed by atoms with Crippen LogP contribution in [0.3, 0.4) is 0 Å². The molecule has 0 bridgehead atoms. The normalized spacial score (nSPS) is 28.0. The maximum absolute atomic E-state index is 11.7. The summed E-state index contributed by atoms with van der Waals surface area (Å²) in [5, 5.41) is 2.04. The number of amides is 3. The molecule has 0 aliphatic heterocycles. The minimum Gasteiger partial charge on any atom is -0.361 e. The van der Waals surface area contributed by atoms with Crippen molar-refractivity contribution < 1.29 is 14.3 Å². The molecule has 0 aromatic rings. The Hall–Kier alpha value is -1.14. The van der Waals surface area contributed by atoms with E-state index in [1.54, 1.807) is 6.92 Å². The van der Waals surface area contributed by atoms with E-state index in [2.05, 4.69) is 20.8 Å². The van der Waals surface area contributed by atoms with Crippen molar-refractivity contribution in [3.8, 4) is 0 Å². The minimum atomic E-state index is -0.867. The van der Waals surface area contributed by atoms with Gasteiger partial charge in [0.2, 0.25) is 0 Å². The highest BCUT2D eigenvalue weighted by Gasteiger charge is 2.40. The molecule has 6 heteroatoms. The Balaban J connectivity index is 2.63. The van der Waals surface area contributed by atoms with Crippen LogP contribution in [0.15, 0.2) is 0 Å². The number of ether oxygens (including phenoxy) is 1. The van der Waals surface area contributed by atoms with Crippen LogP contribution in [0.2, 0.25) is 0 Å². The molecule has 0 aromatic carbocycles. The van der Waals surface area contributed by atoms with Gasteiger partial charge in [-0.25, -0.2) is 4.79 Å². The first-order chi connectivity index (χ1) is 9.59. The summed E-state index contributed by atoms with van der Waals surface area (Å²) < 4.78 is 5.91.